The molecule has 0 amide bonds. The highest BCUT2D eigenvalue weighted by Crippen LogP contribution is 2.47. The molecule has 1 saturated carbocycles. The first-order chi connectivity index (χ1) is 13.7. The normalized spacial score (nSPS) is 24.9. The summed E-state index contributed by atoms with van der Waals surface area (Å²) in [6, 6.07) is 1.14. The smallest absolute Gasteiger partial charge is 0.358 e. The van der Waals surface area contributed by atoms with E-state index in [1.807, 2.05) is 13.8 Å². The van der Waals surface area contributed by atoms with Crippen molar-refractivity contribution in [1.29, 1.82) is 0 Å². The molecule has 2 atom stereocenters. The maximum absolute atomic E-state index is 14.3. The first kappa shape index (κ1) is 20.8. The van der Waals surface area contributed by atoms with E-state index in [9.17, 15) is 17.6 Å². The van der Waals surface area contributed by atoms with Crippen LogP contribution in [0.1, 0.15) is 39.5 Å². The number of halogens is 4. The van der Waals surface area contributed by atoms with Crippen molar-refractivity contribution in [3.8, 4) is 0 Å². The average molecular weight is 431 g/mol. The van der Waals surface area contributed by atoms with Gasteiger partial charge in [0.1, 0.15) is 23.4 Å². The molecule has 4 nitrogen and oxygen atoms in total. The predicted octanol–water partition coefficient (Wildman–Crippen LogP) is 5.02. The Morgan fingerprint density at radius 1 is 1.28 bits per heavy atom. The number of aliphatic imine (C=N–C) groups is 1. The average Bonchev–Trinajstić information content (AvgIpc) is 3.49. The molecular weight excluding hydrogens is 404 g/mol. The molecule has 0 spiro atoms. The maximum Gasteiger partial charge on any atom is 0.408 e. The van der Waals surface area contributed by atoms with Gasteiger partial charge < -0.3 is 14.9 Å². The van der Waals surface area contributed by atoms with E-state index >= 15 is 0 Å². The Balaban J connectivity index is 1.66. The number of hydrogen-bond acceptors (Lipinski definition) is 5. The number of benzene rings is 1. The van der Waals surface area contributed by atoms with Crippen LogP contribution in [0.4, 0.5) is 28.9 Å². The molecule has 0 unspecified atom stereocenters. The summed E-state index contributed by atoms with van der Waals surface area (Å²) < 4.78 is 59.4. The van der Waals surface area contributed by atoms with Crippen LogP contribution in [0.5, 0.6) is 0 Å². The number of fused-ring (bicyclic) bond motifs is 1. The van der Waals surface area contributed by atoms with Gasteiger partial charge >= 0.3 is 6.18 Å². The number of piperidine rings is 1. The Bertz CT molecular complexity index is 791. The number of anilines is 1. The van der Waals surface area contributed by atoms with Crippen LogP contribution in [0.3, 0.4) is 0 Å². The monoisotopic (exact) mass is 430 g/mol. The summed E-state index contributed by atoms with van der Waals surface area (Å²) in [5.74, 6) is 0.517. The number of nitrogens with zero attached hydrogens (tertiary/aromatic N) is 2. The second-order valence-corrected chi connectivity index (χ2v) is 9.30. The molecule has 2 heterocycles. The molecule has 9 heteroatoms. The number of hydrogen-bond donors (Lipinski definition) is 2. The first-order valence-electron chi connectivity index (χ1n) is 10.1. The van der Waals surface area contributed by atoms with E-state index < -0.39 is 18.0 Å². The van der Waals surface area contributed by atoms with Crippen LogP contribution < -0.4 is 14.9 Å². The first-order valence-corrected chi connectivity index (χ1v) is 11.0. The molecule has 1 saturated heterocycles. The van der Waals surface area contributed by atoms with Crippen molar-refractivity contribution in [2.24, 2.45) is 16.8 Å². The highest BCUT2D eigenvalue weighted by molar-refractivity contribution is 7.98. The van der Waals surface area contributed by atoms with E-state index in [1.54, 1.807) is 0 Å². The molecule has 1 aliphatic carbocycles. The molecule has 4 rings (SSSR count). The third-order valence-corrected chi connectivity index (χ3v) is 6.54. The van der Waals surface area contributed by atoms with Gasteiger partial charge in [0.15, 0.2) is 0 Å². The lowest BCUT2D eigenvalue weighted by Crippen LogP contribution is -2.52. The Morgan fingerprint density at radius 2 is 2.03 bits per heavy atom. The van der Waals surface area contributed by atoms with Gasteiger partial charge in [0.05, 0.1) is 10.6 Å². The zero-order valence-corrected chi connectivity index (χ0v) is 17.3. The zero-order valence-electron chi connectivity index (χ0n) is 16.5. The van der Waals surface area contributed by atoms with Crippen molar-refractivity contribution in [1.82, 2.24) is 10.0 Å². The number of amidine groups is 1. The quantitative estimate of drug-likeness (QED) is 0.508. The fourth-order valence-electron chi connectivity index (χ4n) is 3.98. The maximum atomic E-state index is 14.3. The minimum Gasteiger partial charge on any atom is -0.358 e. The number of rotatable bonds is 5. The second kappa shape index (κ2) is 7.98. The van der Waals surface area contributed by atoms with E-state index in [4.69, 9.17) is 0 Å². The van der Waals surface area contributed by atoms with Gasteiger partial charge in [-0.1, -0.05) is 13.8 Å². The van der Waals surface area contributed by atoms with Crippen LogP contribution in [0.25, 0.3) is 0 Å². The number of nitrogens with one attached hydrogen (secondary N) is 2. The summed E-state index contributed by atoms with van der Waals surface area (Å²) in [7, 11) is 0. The van der Waals surface area contributed by atoms with Crippen LogP contribution in [0.2, 0.25) is 0 Å². The van der Waals surface area contributed by atoms with E-state index in [-0.39, 0.29) is 30.6 Å². The van der Waals surface area contributed by atoms with Crippen LogP contribution in [-0.4, -0.2) is 37.2 Å². The third kappa shape index (κ3) is 4.66. The van der Waals surface area contributed by atoms with E-state index in [1.165, 1.54) is 29.0 Å². The molecule has 2 N–H and O–H groups in total. The molecular formula is C20H26F4N4S. The molecule has 0 radical (unpaired) electrons. The summed E-state index contributed by atoms with van der Waals surface area (Å²) in [5, 5.41) is 3.25. The van der Waals surface area contributed by atoms with Crippen LogP contribution >= 0.6 is 11.9 Å². The molecule has 2 fully saturated rings. The van der Waals surface area contributed by atoms with Gasteiger partial charge in [-0.2, -0.15) is 13.2 Å². The largest absolute Gasteiger partial charge is 0.408 e. The van der Waals surface area contributed by atoms with Gasteiger partial charge in [0.25, 0.3) is 0 Å². The van der Waals surface area contributed by atoms with Crippen molar-refractivity contribution < 1.29 is 17.6 Å². The van der Waals surface area contributed by atoms with Gasteiger partial charge in [-0.15, -0.1) is 0 Å². The lowest BCUT2D eigenvalue weighted by atomic mass is 9.89. The highest BCUT2D eigenvalue weighted by atomic mass is 32.2. The van der Waals surface area contributed by atoms with Crippen LogP contribution in [0, 0.1) is 17.7 Å². The van der Waals surface area contributed by atoms with Gasteiger partial charge in [0.2, 0.25) is 0 Å². The standard InChI is InChI=1S/C20H26F4N4S/c1-11(2)25-10-12-5-6-28(17(7-12)20(22,23)24)15-8-14(21)9-16-18(15)26-19(27-29-16)13-3-4-13/h8-9,11-13,17,25H,3-7,10H2,1-2H3,(H,26,27)/t12-,17+/m1/s1. The second-order valence-electron chi connectivity index (χ2n) is 8.45. The predicted molar refractivity (Wildman–Crippen MR) is 108 cm³/mol. The fourth-order valence-corrected chi connectivity index (χ4v) is 4.82. The topological polar surface area (TPSA) is 39.7 Å². The molecule has 29 heavy (non-hydrogen) atoms. The third-order valence-electron chi connectivity index (χ3n) is 5.69. The molecule has 3 aliphatic rings. The Kier molecular flexibility index (Phi) is 5.72. The van der Waals surface area contributed by atoms with Crippen molar-refractivity contribution in [2.75, 3.05) is 18.0 Å². The minimum atomic E-state index is -4.39. The van der Waals surface area contributed by atoms with Crippen LogP contribution in [-0.2, 0) is 0 Å². The van der Waals surface area contributed by atoms with E-state index in [2.05, 4.69) is 15.0 Å². The van der Waals surface area contributed by atoms with Crippen molar-refractivity contribution >= 4 is 29.2 Å². The van der Waals surface area contributed by atoms with Crippen molar-refractivity contribution in [2.45, 2.75) is 62.7 Å². The van der Waals surface area contributed by atoms with Gasteiger partial charge in [-0.3, -0.25) is 0 Å². The number of alkyl halides is 3. The summed E-state index contributed by atoms with van der Waals surface area (Å²) in [4.78, 5) is 6.48. The van der Waals surface area contributed by atoms with Gasteiger partial charge in [-0.25, -0.2) is 9.38 Å². The lowest BCUT2D eigenvalue weighted by molar-refractivity contribution is -0.155. The molecule has 1 aromatic rings. The molecule has 1 aromatic carbocycles. The van der Waals surface area contributed by atoms with Crippen LogP contribution in [0.15, 0.2) is 22.0 Å². The SMILES string of the molecule is CC(C)NC[C@@H]1CCN(c2cc(F)cc3c2N=C(C2CC2)NS3)[C@H](C(F)(F)F)C1. The fraction of sp³-hybridized carbons (Fsp3) is 0.650. The Hall–Kier alpha value is -1.48. The van der Waals surface area contributed by atoms with E-state index in [0.29, 0.717) is 29.5 Å². The summed E-state index contributed by atoms with van der Waals surface area (Å²) in [6.45, 7) is 4.76. The van der Waals surface area contributed by atoms with Crippen molar-refractivity contribution in [3.05, 3.63) is 17.9 Å². The van der Waals surface area contributed by atoms with Gasteiger partial charge in [0, 0.05) is 18.5 Å². The summed E-state index contributed by atoms with van der Waals surface area (Å²) in [5.41, 5.74) is 0.717. The molecule has 0 bridgehead atoms. The molecule has 2 aliphatic heterocycles. The Labute approximate surface area is 172 Å². The lowest BCUT2D eigenvalue weighted by Gasteiger charge is -2.42. The minimum absolute atomic E-state index is 0.000897. The molecule has 0 aromatic heterocycles. The molecule has 160 valence electrons. The Morgan fingerprint density at radius 3 is 2.69 bits per heavy atom. The van der Waals surface area contributed by atoms with E-state index in [0.717, 1.165) is 18.7 Å². The van der Waals surface area contributed by atoms with Crippen molar-refractivity contribution in [3.63, 3.8) is 0 Å². The summed E-state index contributed by atoms with van der Waals surface area (Å²) in [6.07, 6.45) is -1.71. The van der Waals surface area contributed by atoms with Gasteiger partial charge in [-0.05, 0) is 62.2 Å². The summed E-state index contributed by atoms with van der Waals surface area (Å²) >= 11 is 1.24. The highest BCUT2D eigenvalue weighted by Gasteiger charge is 2.47. The zero-order chi connectivity index (χ0) is 20.8.